The fourth-order valence-electron chi connectivity index (χ4n) is 4.75. The van der Waals surface area contributed by atoms with Crippen molar-refractivity contribution in [2.24, 2.45) is 0 Å². The number of rotatable bonds is 16. The van der Waals surface area contributed by atoms with Gasteiger partial charge in [0.15, 0.2) is 0 Å². The Morgan fingerprint density at radius 3 is 1.88 bits per heavy atom. The quantitative estimate of drug-likeness (QED) is 0.114. The van der Waals surface area contributed by atoms with Gasteiger partial charge >= 0.3 is 12.2 Å². The van der Waals surface area contributed by atoms with E-state index in [4.69, 9.17) is 9.47 Å². The second-order valence-electron chi connectivity index (χ2n) is 11.5. The zero-order chi connectivity index (χ0) is 34.5. The Kier molecular flexibility index (Phi) is 13.9. The van der Waals surface area contributed by atoms with E-state index in [9.17, 15) is 24.6 Å². The van der Waals surface area contributed by atoms with Gasteiger partial charge in [-0.2, -0.15) is 0 Å². The smallest absolute Gasteiger partial charge is 0.408 e. The zero-order valence-corrected chi connectivity index (χ0v) is 28.6. The first-order valence-corrected chi connectivity index (χ1v) is 17.3. The molecule has 0 radical (unpaired) electrons. The molecule has 0 aliphatic carbocycles. The van der Waals surface area contributed by atoms with Crippen LogP contribution in [0.5, 0.6) is 0 Å². The molecule has 0 aliphatic rings. The summed E-state index contributed by atoms with van der Waals surface area (Å²) in [5, 5.41) is 33.8. The standard InChI is InChI=1S/C34H41N5O7S2/c1-21(2)32-37-25(19-47-32)17-45-33(43)36-22(3)31(42)38-27(14-23-10-6-4-7-11-23)29(40)30(41)28(15-24-12-8-5-9-13-24)39-34(44)46-18-26-16-35-20-48-26/h4-13,16,19-22,27-30,40-41H,14-15,17-18H2,1-3H3,(H,36,43)(H,38,42)(H,39,44)/t22-,27-,28-,29+,30+/m0/s1. The first-order chi connectivity index (χ1) is 23.1. The fourth-order valence-corrected chi connectivity index (χ4v) is 6.08. The lowest BCUT2D eigenvalue weighted by Crippen LogP contribution is -2.59. The molecule has 4 aromatic rings. The summed E-state index contributed by atoms with van der Waals surface area (Å²) >= 11 is 2.82. The molecule has 0 aliphatic heterocycles. The Hall–Kier alpha value is -4.37. The summed E-state index contributed by atoms with van der Waals surface area (Å²) < 4.78 is 10.6. The third-order valence-corrected chi connectivity index (χ3v) is 9.32. The largest absolute Gasteiger partial charge is 0.444 e. The first-order valence-electron chi connectivity index (χ1n) is 15.5. The SMILES string of the molecule is CC(C)c1nc(COC(=O)N[C@@H](C)C(=O)N[C@@H](Cc2ccccc2)[C@@H](O)[C@H](O)[C@H](Cc2ccccc2)NC(=O)OCc2cncs2)cs1. The highest BCUT2D eigenvalue weighted by atomic mass is 32.1. The van der Waals surface area contributed by atoms with Crippen molar-refractivity contribution in [1.29, 1.82) is 0 Å². The maximum Gasteiger partial charge on any atom is 0.408 e. The number of aliphatic hydroxyl groups is 2. The summed E-state index contributed by atoms with van der Waals surface area (Å²) in [6, 6.07) is 15.3. The van der Waals surface area contributed by atoms with Gasteiger partial charge < -0.3 is 35.6 Å². The first kappa shape index (κ1) is 36.5. The number of ether oxygens (including phenoxy) is 2. The van der Waals surface area contributed by atoms with E-state index in [2.05, 4.69) is 25.9 Å². The van der Waals surface area contributed by atoms with Crippen LogP contribution in [0.4, 0.5) is 9.59 Å². The van der Waals surface area contributed by atoms with Crippen LogP contribution in [0.1, 0.15) is 53.4 Å². The van der Waals surface area contributed by atoms with Crippen LogP contribution in [0, 0.1) is 0 Å². The lowest BCUT2D eigenvalue weighted by Gasteiger charge is -2.33. The van der Waals surface area contributed by atoms with Crippen LogP contribution >= 0.6 is 22.7 Å². The van der Waals surface area contributed by atoms with Gasteiger partial charge in [-0.25, -0.2) is 14.6 Å². The van der Waals surface area contributed by atoms with Crippen molar-refractivity contribution >= 4 is 40.8 Å². The van der Waals surface area contributed by atoms with Crippen LogP contribution in [0.15, 0.2) is 77.8 Å². The number of carbonyl (C=O) groups is 3. The van der Waals surface area contributed by atoms with E-state index in [1.54, 1.807) is 11.7 Å². The molecule has 0 spiro atoms. The maximum atomic E-state index is 13.3. The summed E-state index contributed by atoms with van der Waals surface area (Å²) in [6.07, 6.45) is -2.75. The van der Waals surface area contributed by atoms with Gasteiger partial charge in [-0.05, 0) is 30.9 Å². The van der Waals surface area contributed by atoms with E-state index in [0.717, 1.165) is 21.0 Å². The molecule has 3 amide bonds. The van der Waals surface area contributed by atoms with E-state index in [1.165, 1.54) is 29.6 Å². The monoisotopic (exact) mass is 695 g/mol. The minimum atomic E-state index is -1.54. The second kappa shape index (κ2) is 18.2. The molecular formula is C34H41N5O7S2. The lowest BCUT2D eigenvalue weighted by molar-refractivity contribution is -0.125. The van der Waals surface area contributed by atoms with Crippen molar-refractivity contribution < 1.29 is 34.1 Å². The molecule has 2 aromatic heterocycles. The number of aromatic nitrogens is 2. The predicted octanol–water partition coefficient (Wildman–Crippen LogP) is 4.32. The van der Waals surface area contributed by atoms with E-state index < -0.39 is 48.4 Å². The average Bonchev–Trinajstić information content (AvgIpc) is 3.79. The number of alkyl carbamates (subject to hydrolysis) is 2. The van der Waals surface area contributed by atoms with Crippen LogP contribution in [-0.2, 0) is 40.3 Å². The summed E-state index contributed by atoms with van der Waals surface area (Å²) in [6.45, 7) is 5.48. The lowest BCUT2D eigenvalue weighted by atomic mass is 9.91. The van der Waals surface area contributed by atoms with E-state index in [-0.39, 0.29) is 32.0 Å². The van der Waals surface area contributed by atoms with Crippen molar-refractivity contribution in [3.05, 3.63) is 104 Å². The van der Waals surface area contributed by atoms with Crippen molar-refractivity contribution in [1.82, 2.24) is 25.9 Å². The molecule has 2 heterocycles. The zero-order valence-electron chi connectivity index (χ0n) is 26.9. The van der Waals surface area contributed by atoms with Crippen molar-refractivity contribution in [3.63, 3.8) is 0 Å². The molecule has 4 rings (SSSR count). The Morgan fingerprint density at radius 2 is 1.33 bits per heavy atom. The second-order valence-corrected chi connectivity index (χ2v) is 13.4. The van der Waals surface area contributed by atoms with Gasteiger partial charge in [-0.1, -0.05) is 74.5 Å². The van der Waals surface area contributed by atoms with Crippen LogP contribution in [0.2, 0.25) is 0 Å². The molecule has 0 unspecified atom stereocenters. The van der Waals surface area contributed by atoms with Crippen molar-refractivity contribution in [2.75, 3.05) is 0 Å². The van der Waals surface area contributed by atoms with Crippen LogP contribution < -0.4 is 16.0 Å². The molecule has 0 saturated carbocycles. The molecule has 14 heteroatoms. The normalized spacial score (nSPS) is 14.3. The summed E-state index contributed by atoms with van der Waals surface area (Å²) in [7, 11) is 0. The molecule has 256 valence electrons. The Balaban J connectivity index is 1.43. The van der Waals surface area contributed by atoms with Gasteiger partial charge in [0.05, 0.1) is 33.2 Å². The van der Waals surface area contributed by atoms with Crippen LogP contribution in [0.3, 0.4) is 0 Å². The Labute approximate surface area is 287 Å². The number of hydrogen-bond acceptors (Lipinski definition) is 11. The molecule has 5 N–H and O–H groups in total. The van der Waals surface area contributed by atoms with Gasteiger partial charge in [-0.3, -0.25) is 9.78 Å². The summed E-state index contributed by atoms with van der Waals surface area (Å²) in [4.78, 5) is 47.8. The van der Waals surface area contributed by atoms with Crippen molar-refractivity contribution in [3.8, 4) is 0 Å². The number of nitrogens with one attached hydrogen (secondary N) is 3. The molecule has 0 fully saturated rings. The summed E-state index contributed by atoms with van der Waals surface area (Å²) in [5.74, 6) is -0.349. The minimum absolute atomic E-state index is 0.00399. The minimum Gasteiger partial charge on any atom is -0.444 e. The van der Waals surface area contributed by atoms with Crippen LogP contribution in [-0.4, -0.2) is 68.6 Å². The van der Waals surface area contributed by atoms with Gasteiger partial charge in [0.25, 0.3) is 0 Å². The highest BCUT2D eigenvalue weighted by molar-refractivity contribution is 7.09. The predicted molar refractivity (Wildman–Crippen MR) is 182 cm³/mol. The Morgan fingerprint density at radius 1 is 0.771 bits per heavy atom. The third kappa shape index (κ3) is 11.4. The summed E-state index contributed by atoms with van der Waals surface area (Å²) in [5.41, 5.74) is 3.83. The maximum absolute atomic E-state index is 13.3. The number of carbonyl (C=O) groups excluding carboxylic acids is 3. The van der Waals surface area contributed by atoms with Crippen LogP contribution in [0.25, 0.3) is 0 Å². The molecule has 0 bridgehead atoms. The molecular weight excluding hydrogens is 655 g/mol. The number of nitrogens with zero attached hydrogens (tertiary/aromatic N) is 2. The highest BCUT2D eigenvalue weighted by Crippen LogP contribution is 2.20. The van der Waals surface area contributed by atoms with Gasteiger partial charge in [0.2, 0.25) is 5.91 Å². The number of amides is 3. The molecule has 5 atom stereocenters. The topological polar surface area (TPSA) is 172 Å². The van der Waals surface area contributed by atoms with E-state index in [0.29, 0.717) is 5.69 Å². The molecule has 0 saturated heterocycles. The van der Waals surface area contributed by atoms with Gasteiger partial charge in [-0.15, -0.1) is 22.7 Å². The number of hydrogen-bond donors (Lipinski definition) is 5. The molecule has 12 nitrogen and oxygen atoms in total. The van der Waals surface area contributed by atoms with Gasteiger partial charge in [0.1, 0.15) is 31.5 Å². The average molecular weight is 696 g/mol. The number of aliphatic hydroxyl groups excluding tert-OH is 2. The van der Waals surface area contributed by atoms with E-state index in [1.807, 2.05) is 79.9 Å². The van der Waals surface area contributed by atoms with Gasteiger partial charge in [0, 0.05) is 17.5 Å². The number of thiazole rings is 2. The fraction of sp³-hybridized carbons (Fsp3) is 0.382. The van der Waals surface area contributed by atoms with E-state index >= 15 is 0 Å². The third-order valence-electron chi connectivity index (χ3n) is 7.37. The van der Waals surface area contributed by atoms with Crippen molar-refractivity contribution in [2.45, 2.75) is 83.1 Å². The molecule has 2 aromatic carbocycles. The Bertz CT molecular complexity index is 1570. The number of benzene rings is 2. The molecule has 48 heavy (non-hydrogen) atoms. The highest BCUT2D eigenvalue weighted by Gasteiger charge is 2.35.